The number of rotatable bonds is 6. The molecule has 0 radical (unpaired) electrons. The average Bonchev–Trinajstić information content (AvgIpc) is 3.08. The summed E-state index contributed by atoms with van der Waals surface area (Å²) in [6.45, 7) is 0. The van der Waals surface area contributed by atoms with Crippen LogP contribution in [0.5, 0.6) is 0 Å². The molecule has 1 aromatic carbocycles. The number of hydrogen-bond acceptors (Lipinski definition) is 5. The van der Waals surface area contributed by atoms with E-state index in [9.17, 15) is 4.79 Å². The van der Waals surface area contributed by atoms with Crippen molar-refractivity contribution in [1.82, 2.24) is 19.7 Å². The second-order valence-corrected chi connectivity index (χ2v) is 8.23. The van der Waals surface area contributed by atoms with Crippen molar-refractivity contribution in [2.45, 2.75) is 24.0 Å². The zero-order chi connectivity index (χ0) is 17.5. The van der Waals surface area contributed by atoms with Crippen molar-refractivity contribution < 1.29 is 4.79 Å². The molecule has 5 rings (SSSR count). The van der Waals surface area contributed by atoms with Crippen molar-refractivity contribution in [2.24, 2.45) is 0 Å². The second kappa shape index (κ2) is 6.41. The van der Waals surface area contributed by atoms with E-state index in [0.29, 0.717) is 11.8 Å². The highest BCUT2D eigenvalue weighted by Gasteiger charge is 2.30. The lowest BCUT2D eigenvalue weighted by molar-refractivity contribution is 0.102. The third-order valence-corrected chi connectivity index (χ3v) is 6.35. The summed E-state index contributed by atoms with van der Waals surface area (Å²) in [7, 11) is 0. The molecule has 1 aliphatic rings. The summed E-state index contributed by atoms with van der Waals surface area (Å²) in [5.41, 5.74) is 1.73. The van der Waals surface area contributed by atoms with Crippen LogP contribution in [0.2, 0.25) is 0 Å². The van der Waals surface area contributed by atoms with Gasteiger partial charge in [-0.2, -0.15) is 0 Å². The van der Waals surface area contributed by atoms with Crippen LogP contribution in [0.3, 0.4) is 0 Å². The molecule has 3 heterocycles. The Kier molecular flexibility index (Phi) is 3.90. The fourth-order valence-corrected chi connectivity index (χ4v) is 4.72. The molecule has 1 fully saturated rings. The van der Waals surface area contributed by atoms with E-state index in [4.69, 9.17) is 0 Å². The van der Waals surface area contributed by atoms with Gasteiger partial charge in [-0.1, -0.05) is 36.0 Å². The summed E-state index contributed by atoms with van der Waals surface area (Å²) in [6.07, 6.45) is 4.11. The molecule has 4 aromatic rings. The van der Waals surface area contributed by atoms with Gasteiger partial charge in [0.2, 0.25) is 0 Å². The number of para-hydroxylation sites is 1. The van der Waals surface area contributed by atoms with Gasteiger partial charge in [-0.25, -0.2) is 0 Å². The van der Waals surface area contributed by atoms with Crippen LogP contribution in [-0.2, 0) is 0 Å². The van der Waals surface area contributed by atoms with Crippen molar-refractivity contribution in [2.75, 3.05) is 5.75 Å². The third-order valence-electron chi connectivity index (χ3n) is 4.54. The Morgan fingerprint density at radius 2 is 2.12 bits per heavy atom. The maximum atomic E-state index is 12.7. The van der Waals surface area contributed by atoms with E-state index in [1.807, 2.05) is 30.3 Å². The van der Waals surface area contributed by atoms with Gasteiger partial charge in [0.15, 0.2) is 16.8 Å². The zero-order valence-corrected chi connectivity index (χ0v) is 15.5. The lowest BCUT2D eigenvalue weighted by Crippen LogP contribution is -2.04. The molecule has 0 saturated heterocycles. The maximum Gasteiger partial charge on any atom is 0.192 e. The van der Waals surface area contributed by atoms with Crippen molar-refractivity contribution >= 4 is 39.8 Å². The normalized spacial score (nSPS) is 14.2. The minimum Gasteiger partial charge on any atom is -0.360 e. The number of carbonyl (C=O) groups is 1. The van der Waals surface area contributed by atoms with Crippen LogP contribution in [-0.4, -0.2) is 31.3 Å². The average molecular weight is 380 g/mol. The minimum atomic E-state index is 0.107. The van der Waals surface area contributed by atoms with Crippen LogP contribution in [0.4, 0.5) is 0 Å². The maximum absolute atomic E-state index is 12.7. The van der Waals surface area contributed by atoms with E-state index in [1.54, 1.807) is 17.5 Å². The van der Waals surface area contributed by atoms with Crippen LogP contribution >= 0.6 is 23.1 Å². The first-order valence-electron chi connectivity index (χ1n) is 8.52. The minimum absolute atomic E-state index is 0.107. The van der Waals surface area contributed by atoms with Crippen LogP contribution in [0, 0.1) is 0 Å². The molecule has 0 atom stereocenters. The summed E-state index contributed by atoms with van der Waals surface area (Å²) < 4.78 is 2.21. The molecule has 1 N–H and O–H groups in total. The van der Waals surface area contributed by atoms with Gasteiger partial charge in [0.05, 0.1) is 10.6 Å². The molecule has 5 nitrogen and oxygen atoms in total. The number of thiophene rings is 1. The number of thioether (sulfide) groups is 1. The van der Waals surface area contributed by atoms with E-state index in [2.05, 4.69) is 31.2 Å². The molecule has 7 heteroatoms. The molecular formula is C19H16N4OS2. The smallest absolute Gasteiger partial charge is 0.192 e. The number of Topliss-reactive ketones (excluding diaryl/α,β-unsaturated/α-hetero) is 1. The number of carbonyl (C=O) groups excluding carboxylic acids is 1. The number of benzene rings is 1. The standard InChI is InChI=1S/C19H16N4OS2/c24-16(14-10-20-15-5-2-1-4-13(14)15)11-26-19-22-21-18(17-6-3-9-25-17)23(19)12-7-8-12/h1-6,9-10,12,20H,7-8,11H2. The Bertz CT molecular complexity index is 1080. The molecule has 3 aromatic heterocycles. The van der Waals surface area contributed by atoms with Gasteiger partial charge in [0.25, 0.3) is 0 Å². The van der Waals surface area contributed by atoms with Crippen molar-refractivity contribution in [1.29, 1.82) is 0 Å². The number of nitrogens with one attached hydrogen (secondary N) is 1. The van der Waals surface area contributed by atoms with Crippen LogP contribution in [0.15, 0.2) is 53.1 Å². The molecule has 1 saturated carbocycles. The van der Waals surface area contributed by atoms with Crippen molar-refractivity contribution in [3.05, 3.63) is 53.5 Å². The first-order chi connectivity index (χ1) is 12.8. The summed E-state index contributed by atoms with van der Waals surface area (Å²) in [6, 6.07) is 12.4. The van der Waals surface area contributed by atoms with E-state index in [0.717, 1.165) is 45.2 Å². The van der Waals surface area contributed by atoms with Gasteiger partial charge in [-0.05, 0) is 30.4 Å². The Labute approximate surface area is 158 Å². The highest BCUT2D eigenvalue weighted by atomic mass is 32.2. The Balaban J connectivity index is 1.39. The molecule has 0 amide bonds. The first-order valence-corrected chi connectivity index (χ1v) is 10.4. The Morgan fingerprint density at radius 1 is 1.23 bits per heavy atom. The fraction of sp³-hybridized carbons (Fsp3) is 0.211. The van der Waals surface area contributed by atoms with Gasteiger partial charge in [-0.3, -0.25) is 9.36 Å². The van der Waals surface area contributed by atoms with Gasteiger partial charge in [-0.15, -0.1) is 21.5 Å². The lowest BCUT2D eigenvalue weighted by Gasteiger charge is -2.07. The molecular weight excluding hydrogens is 364 g/mol. The van der Waals surface area contributed by atoms with Crippen molar-refractivity contribution in [3.8, 4) is 10.7 Å². The zero-order valence-electron chi connectivity index (χ0n) is 13.9. The highest BCUT2D eigenvalue weighted by Crippen LogP contribution is 2.41. The number of hydrogen-bond donors (Lipinski definition) is 1. The first kappa shape index (κ1) is 15.8. The van der Waals surface area contributed by atoms with E-state index >= 15 is 0 Å². The van der Waals surface area contributed by atoms with E-state index in [-0.39, 0.29) is 5.78 Å². The van der Waals surface area contributed by atoms with Crippen molar-refractivity contribution in [3.63, 3.8) is 0 Å². The monoisotopic (exact) mass is 380 g/mol. The Morgan fingerprint density at radius 3 is 2.92 bits per heavy atom. The summed E-state index contributed by atoms with van der Waals surface area (Å²) in [5.74, 6) is 1.39. The molecule has 130 valence electrons. The number of aromatic nitrogens is 4. The largest absolute Gasteiger partial charge is 0.360 e. The van der Waals surface area contributed by atoms with E-state index in [1.165, 1.54) is 11.8 Å². The quantitative estimate of drug-likeness (QED) is 0.386. The molecule has 26 heavy (non-hydrogen) atoms. The second-order valence-electron chi connectivity index (χ2n) is 6.34. The number of H-pyrrole nitrogens is 1. The van der Waals surface area contributed by atoms with Crippen LogP contribution < -0.4 is 0 Å². The van der Waals surface area contributed by atoms with Gasteiger partial charge < -0.3 is 4.98 Å². The van der Waals surface area contributed by atoms with Crippen LogP contribution in [0.25, 0.3) is 21.6 Å². The molecule has 1 aliphatic carbocycles. The van der Waals surface area contributed by atoms with Gasteiger partial charge in [0, 0.05) is 28.7 Å². The van der Waals surface area contributed by atoms with E-state index < -0.39 is 0 Å². The fourth-order valence-electron chi connectivity index (χ4n) is 3.12. The number of fused-ring (bicyclic) bond motifs is 1. The van der Waals surface area contributed by atoms with Gasteiger partial charge in [0.1, 0.15) is 0 Å². The summed E-state index contributed by atoms with van der Waals surface area (Å²) in [5, 5.41) is 12.6. The summed E-state index contributed by atoms with van der Waals surface area (Å²) in [4.78, 5) is 17.0. The van der Waals surface area contributed by atoms with Crippen LogP contribution in [0.1, 0.15) is 29.2 Å². The molecule has 0 aliphatic heterocycles. The lowest BCUT2D eigenvalue weighted by atomic mass is 10.1. The summed E-state index contributed by atoms with van der Waals surface area (Å²) >= 11 is 3.15. The Hall–Kier alpha value is -2.38. The highest BCUT2D eigenvalue weighted by molar-refractivity contribution is 7.99. The number of nitrogens with zero attached hydrogens (tertiary/aromatic N) is 3. The third kappa shape index (κ3) is 2.77. The number of ketones is 1. The number of aromatic amines is 1. The molecule has 0 spiro atoms. The predicted molar refractivity (Wildman–Crippen MR) is 105 cm³/mol. The topological polar surface area (TPSA) is 63.6 Å². The predicted octanol–water partition coefficient (Wildman–Crippen LogP) is 4.80. The SMILES string of the molecule is O=C(CSc1nnc(-c2cccs2)n1C1CC1)c1c[nH]c2ccccc12. The van der Waals surface area contributed by atoms with Gasteiger partial charge >= 0.3 is 0 Å². The molecule has 0 bridgehead atoms. The molecule has 0 unspecified atom stereocenters.